The Morgan fingerprint density at radius 3 is 3.24 bits per heavy atom. The number of piperidine rings is 1. The van der Waals surface area contributed by atoms with Gasteiger partial charge in [0.25, 0.3) is 0 Å². The van der Waals surface area contributed by atoms with Crippen LogP contribution in [0.1, 0.15) is 19.8 Å². The standard InChI is InChI=1S/C12H14BrN3O/c1-7-11-8(5-10(17)15-7)6-16(13)12-9(11)3-2-4-14-12/h3-4,6-7,11-12H,2,5H2,1H3,(H,15,17). The molecule has 17 heavy (non-hydrogen) atoms. The number of carbonyl (C=O) groups excluding carboxylic acids is 1. The topological polar surface area (TPSA) is 44.7 Å². The maximum Gasteiger partial charge on any atom is 0.224 e. The predicted molar refractivity (Wildman–Crippen MR) is 69.5 cm³/mol. The van der Waals surface area contributed by atoms with Gasteiger partial charge in [-0.05, 0) is 18.1 Å². The Labute approximate surface area is 109 Å². The Hall–Kier alpha value is -1.10. The third-order valence-electron chi connectivity index (χ3n) is 3.54. The molecule has 90 valence electrons. The summed E-state index contributed by atoms with van der Waals surface area (Å²) in [6, 6.07) is 0.158. The monoisotopic (exact) mass is 295 g/mol. The SMILES string of the molecule is CC1NC(=O)CC2=CN(Br)C3N=CCC=C3C21. The van der Waals surface area contributed by atoms with Crippen LogP contribution in [-0.2, 0) is 4.79 Å². The summed E-state index contributed by atoms with van der Waals surface area (Å²) in [5, 5.41) is 3.02. The molecule has 1 fully saturated rings. The van der Waals surface area contributed by atoms with E-state index in [9.17, 15) is 4.79 Å². The molecule has 3 rings (SSSR count). The predicted octanol–water partition coefficient (Wildman–Crippen LogP) is 1.75. The van der Waals surface area contributed by atoms with Crippen molar-refractivity contribution in [2.75, 3.05) is 0 Å². The van der Waals surface area contributed by atoms with Crippen LogP contribution < -0.4 is 5.32 Å². The van der Waals surface area contributed by atoms with Crippen LogP contribution >= 0.6 is 16.1 Å². The molecule has 1 saturated heterocycles. The highest BCUT2D eigenvalue weighted by molar-refractivity contribution is 9.07. The molecule has 3 unspecified atom stereocenters. The van der Waals surface area contributed by atoms with Gasteiger partial charge in [0.1, 0.15) is 0 Å². The minimum atomic E-state index is 0.0509. The van der Waals surface area contributed by atoms with E-state index in [1.54, 1.807) is 0 Å². The summed E-state index contributed by atoms with van der Waals surface area (Å²) in [6.45, 7) is 2.07. The van der Waals surface area contributed by atoms with Gasteiger partial charge in [0, 0.05) is 37.2 Å². The highest BCUT2D eigenvalue weighted by Crippen LogP contribution is 2.40. The van der Waals surface area contributed by atoms with Gasteiger partial charge < -0.3 is 5.32 Å². The lowest BCUT2D eigenvalue weighted by molar-refractivity contribution is -0.122. The number of amides is 1. The molecule has 0 aromatic rings. The van der Waals surface area contributed by atoms with Crippen molar-refractivity contribution in [1.29, 1.82) is 0 Å². The third kappa shape index (κ3) is 1.73. The first kappa shape index (κ1) is 11.0. The lowest BCUT2D eigenvalue weighted by Crippen LogP contribution is -2.49. The second kappa shape index (κ2) is 3.98. The van der Waals surface area contributed by atoms with Crippen molar-refractivity contribution in [3.8, 4) is 0 Å². The molecule has 3 atom stereocenters. The van der Waals surface area contributed by atoms with Gasteiger partial charge >= 0.3 is 0 Å². The zero-order chi connectivity index (χ0) is 12.0. The largest absolute Gasteiger partial charge is 0.352 e. The Bertz CT molecular complexity index is 455. The fourth-order valence-electron chi connectivity index (χ4n) is 2.90. The number of allylic oxidation sites excluding steroid dienone is 1. The Kier molecular flexibility index (Phi) is 2.58. The van der Waals surface area contributed by atoms with Crippen LogP contribution in [0.3, 0.4) is 0 Å². The minimum Gasteiger partial charge on any atom is -0.352 e. The molecule has 5 heteroatoms. The van der Waals surface area contributed by atoms with Crippen molar-refractivity contribution < 1.29 is 4.79 Å². The van der Waals surface area contributed by atoms with Gasteiger partial charge in [-0.25, -0.2) is 0 Å². The second-order valence-corrected chi connectivity index (χ2v) is 5.52. The maximum absolute atomic E-state index is 11.6. The highest BCUT2D eigenvalue weighted by Gasteiger charge is 2.40. The number of rotatable bonds is 0. The molecule has 0 saturated carbocycles. The molecule has 0 aromatic heterocycles. The molecule has 3 aliphatic heterocycles. The molecule has 0 aliphatic carbocycles. The Balaban J connectivity index is 2.03. The van der Waals surface area contributed by atoms with Crippen LogP contribution in [0.2, 0.25) is 0 Å². The van der Waals surface area contributed by atoms with Crippen molar-refractivity contribution in [2.24, 2.45) is 10.9 Å². The number of halogens is 1. The molecular formula is C12H14BrN3O. The van der Waals surface area contributed by atoms with Gasteiger partial charge in [0.2, 0.25) is 5.91 Å². The molecule has 3 aliphatic rings. The molecule has 4 nitrogen and oxygen atoms in total. The summed E-state index contributed by atoms with van der Waals surface area (Å²) in [6.07, 6.45) is 7.62. The first-order valence-electron chi connectivity index (χ1n) is 5.82. The second-order valence-electron chi connectivity index (χ2n) is 4.70. The lowest BCUT2D eigenvalue weighted by atomic mass is 9.77. The summed E-state index contributed by atoms with van der Waals surface area (Å²) >= 11 is 3.50. The van der Waals surface area contributed by atoms with E-state index in [2.05, 4.69) is 39.5 Å². The average molecular weight is 296 g/mol. The lowest BCUT2D eigenvalue weighted by Gasteiger charge is -2.42. The van der Waals surface area contributed by atoms with Crippen LogP contribution in [0.5, 0.6) is 0 Å². The smallest absolute Gasteiger partial charge is 0.224 e. The minimum absolute atomic E-state index is 0.0509. The van der Waals surface area contributed by atoms with E-state index >= 15 is 0 Å². The van der Waals surface area contributed by atoms with Crippen molar-refractivity contribution in [1.82, 2.24) is 9.24 Å². The number of nitrogens with one attached hydrogen (secondary N) is 1. The molecule has 3 heterocycles. The molecule has 0 bridgehead atoms. The van der Waals surface area contributed by atoms with Gasteiger partial charge in [0.15, 0.2) is 6.17 Å². The zero-order valence-electron chi connectivity index (χ0n) is 9.56. The number of dihydropyridines is 1. The van der Waals surface area contributed by atoms with Crippen LogP contribution in [0.4, 0.5) is 0 Å². The van der Waals surface area contributed by atoms with Crippen molar-refractivity contribution in [3.05, 3.63) is 23.4 Å². The van der Waals surface area contributed by atoms with E-state index < -0.39 is 0 Å². The van der Waals surface area contributed by atoms with Crippen molar-refractivity contribution in [2.45, 2.75) is 32.0 Å². The highest BCUT2D eigenvalue weighted by atomic mass is 79.9. The van der Waals surface area contributed by atoms with E-state index in [-0.39, 0.29) is 18.1 Å². The first-order valence-corrected chi connectivity index (χ1v) is 6.53. The van der Waals surface area contributed by atoms with Crippen molar-refractivity contribution in [3.63, 3.8) is 0 Å². The fourth-order valence-corrected chi connectivity index (χ4v) is 3.50. The molecule has 0 aromatic carbocycles. The average Bonchev–Trinajstić information content (AvgIpc) is 2.28. The van der Waals surface area contributed by atoms with E-state index in [1.165, 1.54) is 11.1 Å². The summed E-state index contributed by atoms with van der Waals surface area (Å²) < 4.78 is 1.92. The van der Waals surface area contributed by atoms with Gasteiger partial charge in [0.05, 0.1) is 16.1 Å². The van der Waals surface area contributed by atoms with E-state index in [1.807, 2.05) is 16.3 Å². The van der Waals surface area contributed by atoms with E-state index in [0.29, 0.717) is 12.3 Å². The zero-order valence-corrected chi connectivity index (χ0v) is 11.1. The van der Waals surface area contributed by atoms with Gasteiger partial charge in [-0.2, -0.15) is 0 Å². The number of nitrogens with zero attached hydrogens (tertiary/aromatic N) is 2. The fraction of sp³-hybridized carbons (Fsp3) is 0.500. The normalized spacial score (nSPS) is 35.5. The molecular weight excluding hydrogens is 282 g/mol. The first-order chi connectivity index (χ1) is 8.16. The van der Waals surface area contributed by atoms with Gasteiger partial charge in [-0.15, -0.1) is 0 Å². The molecule has 0 spiro atoms. The number of hydrogen-bond donors (Lipinski definition) is 1. The van der Waals surface area contributed by atoms with Crippen LogP contribution in [0.25, 0.3) is 0 Å². The summed E-state index contributed by atoms with van der Waals surface area (Å²) in [4.78, 5) is 16.1. The van der Waals surface area contributed by atoms with E-state index in [0.717, 1.165) is 6.42 Å². The third-order valence-corrected chi connectivity index (χ3v) is 4.13. The summed E-state index contributed by atoms with van der Waals surface area (Å²) in [5.74, 6) is 0.420. The summed E-state index contributed by atoms with van der Waals surface area (Å²) in [5.41, 5.74) is 2.48. The van der Waals surface area contributed by atoms with Crippen LogP contribution in [0, 0.1) is 5.92 Å². The van der Waals surface area contributed by atoms with E-state index in [4.69, 9.17) is 0 Å². The Morgan fingerprint density at radius 2 is 2.41 bits per heavy atom. The van der Waals surface area contributed by atoms with Crippen molar-refractivity contribution >= 4 is 28.3 Å². The molecule has 1 N–H and O–H groups in total. The van der Waals surface area contributed by atoms with Gasteiger partial charge in [-0.3, -0.25) is 13.7 Å². The van der Waals surface area contributed by atoms with Crippen LogP contribution in [-0.4, -0.2) is 28.3 Å². The number of hydrogen-bond acceptors (Lipinski definition) is 3. The molecule has 1 amide bonds. The number of carbonyl (C=O) groups is 1. The Morgan fingerprint density at radius 1 is 1.59 bits per heavy atom. The molecule has 0 radical (unpaired) electrons. The van der Waals surface area contributed by atoms with Crippen LogP contribution in [0.15, 0.2) is 28.4 Å². The van der Waals surface area contributed by atoms with Gasteiger partial charge in [-0.1, -0.05) is 6.08 Å². The maximum atomic E-state index is 11.6. The number of fused-ring (bicyclic) bond motifs is 3. The quantitative estimate of drug-likeness (QED) is 0.547. The summed E-state index contributed by atoms with van der Waals surface area (Å²) in [7, 11) is 0. The number of aliphatic imine (C=N–C) groups is 1.